The molecule has 2 nitrogen and oxygen atoms in total. The van der Waals surface area contributed by atoms with Gasteiger partial charge in [-0.05, 0) is 41.8 Å². The normalized spacial score (nSPS) is 10.3. The summed E-state index contributed by atoms with van der Waals surface area (Å²) in [6.07, 6.45) is 0.925. The number of hydrogen-bond donors (Lipinski definition) is 0. The first-order valence-electron chi connectivity index (χ1n) is 5.27. The third kappa shape index (κ3) is 1.77. The van der Waals surface area contributed by atoms with Crippen LogP contribution < -0.4 is 4.74 Å². The maximum atomic E-state index is 8.56. The Balaban J connectivity index is 2.59. The van der Waals surface area contributed by atoms with Crippen LogP contribution in [0, 0.1) is 18.3 Å². The van der Waals surface area contributed by atoms with E-state index in [9.17, 15) is 0 Å². The molecule has 2 aromatic rings. The summed E-state index contributed by atoms with van der Waals surface area (Å²) in [7, 11) is 0. The summed E-state index contributed by atoms with van der Waals surface area (Å²) in [5.74, 6) is 0.854. The van der Waals surface area contributed by atoms with E-state index >= 15 is 0 Å². The Morgan fingerprint density at radius 3 is 3.00 bits per heavy atom. The molecule has 0 spiro atoms. The van der Waals surface area contributed by atoms with Gasteiger partial charge < -0.3 is 4.74 Å². The van der Waals surface area contributed by atoms with Gasteiger partial charge in [-0.15, -0.1) is 11.3 Å². The highest BCUT2D eigenvalue weighted by Crippen LogP contribution is 2.34. The summed E-state index contributed by atoms with van der Waals surface area (Å²) >= 11 is 1.76. The Kier molecular flexibility index (Phi) is 3.12. The molecule has 1 aromatic heterocycles. The summed E-state index contributed by atoms with van der Waals surface area (Å²) in [6.45, 7) is 4.31. The predicted molar refractivity (Wildman–Crippen MR) is 67.0 cm³/mol. The van der Waals surface area contributed by atoms with Gasteiger partial charge in [0, 0.05) is 10.3 Å². The number of hydrogen-bond acceptors (Lipinski definition) is 3. The van der Waals surface area contributed by atoms with Crippen molar-refractivity contribution in [3.63, 3.8) is 0 Å². The van der Waals surface area contributed by atoms with Gasteiger partial charge in [0.05, 0.1) is 0 Å². The number of thiophene rings is 1. The van der Waals surface area contributed by atoms with Gasteiger partial charge in [-0.25, -0.2) is 0 Å². The fraction of sp³-hybridized carbons (Fsp3) is 0.308. The highest BCUT2D eigenvalue weighted by molar-refractivity contribution is 7.17. The first-order valence-corrected chi connectivity index (χ1v) is 6.15. The van der Waals surface area contributed by atoms with E-state index in [4.69, 9.17) is 10.00 Å². The SMILES string of the molecule is CCc1c(OCC#N)cc(C)c2sccc12. The Morgan fingerprint density at radius 1 is 1.50 bits per heavy atom. The Hall–Kier alpha value is -1.53. The molecular formula is C13H13NOS. The fourth-order valence-electron chi connectivity index (χ4n) is 1.94. The van der Waals surface area contributed by atoms with Crippen molar-refractivity contribution < 1.29 is 4.74 Å². The van der Waals surface area contributed by atoms with Crippen LogP contribution in [0.25, 0.3) is 10.1 Å². The van der Waals surface area contributed by atoms with Gasteiger partial charge in [0.1, 0.15) is 11.8 Å². The minimum Gasteiger partial charge on any atom is -0.478 e. The summed E-state index contributed by atoms with van der Waals surface area (Å²) in [5.41, 5.74) is 2.42. The van der Waals surface area contributed by atoms with E-state index in [1.807, 2.05) is 12.1 Å². The first-order chi connectivity index (χ1) is 7.77. The molecule has 82 valence electrons. The molecule has 0 aliphatic carbocycles. The van der Waals surface area contributed by atoms with Gasteiger partial charge in [-0.2, -0.15) is 5.26 Å². The lowest BCUT2D eigenvalue weighted by Crippen LogP contribution is -1.98. The van der Waals surface area contributed by atoms with E-state index in [2.05, 4.69) is 25.3 Å². The number of rotatable bonds is 3. The lowest BCUT2D eigenvalue weighted by Gasteiger charge is -2.11. The van der Waals surface area contributed by atoms with Crippen LogP contribution in [0.1, 0.15) is 18.1 Å². The molecule has 0 saturated carbocycles. The standard InChI is InChI=1S/C13H13NOS/c1-3-10-11-4-7-16-13(11)9(2)8-12(10)15-6-5-14/h4,7-8H,3,6H2,1-2H3. The first kappa shape index (κ1) is 11.0. The number of benzene rings is 1. The molecule has 1 heterocycles. The molecule has 0 bridgehead atoms. The Labute approximate surface area is 99.1 Å². The van der Waals surface area contributed by atoms with E-state index in [1.54, 1.807) is 11.3 Å². The van der Waals surface area contributed by atoms with Crippen molar-refractivity contribution in [2.24, 2.45) is 0 Å². The molecule has 0 N–H and O–H groups in total. The molecule has 0 atom stereocenters. The molecular weight excluding hydrogens is 218 g/mol. The molecule has 0 unspecified atom stereocenters. The second kappa shape index (κ2) is 4.54. The van der Waals surface area contributed by atoms with Crippen LogP contribution in [0.4, 0.5) is 0 Å². The van der Waals surface area contributed by atoms with Gasteiger partial charge in [0.15, 0.2) is 6.61 Å². The van der Waals surface area contributed by atoms with E-state index in [0.29, 0.717) is 0 Å². The van der Waals surface area contributed by atoms with Crippen molar-refractivity contribution in [1.29, 1.82) is 5.26 Å². The average Bonchev–Trinajstić information content (AvgIpc) is 2.76. The Morgan fingerprint density at radius 2 is 2.31 bits per heavy atom. The van der Waals surface area contributed by atoms with Gasteiger partial charge in [-0.3, -0.25) is 0 Å². The number of ether oxygens (including phenoxy) is 1. The molecule has 0 amide bonds. The summed E-state index contributed by atoms with van der Waals surface area (Å²) in [6, 6.07) is 6.18. The van der Waals surface area contributed by atoms with Crippen molar-refractivity contribution in [3.8, 4) is 11.8 Å². The largest absolute Gasteiger partial charge is 0.478 e. The molecule has 3 heteroatoms. The molecule has 2 rings (SSSR count). The summed E-state index contributed by atoms with van der Waals surface area (Å²) in [4.78, 5) is 0. The third-order valence-electron chi connectivity index (χ3n) is 2.64. The molecule has 0 fully saturated rings. The van der Waals surface area contributed by atoms with E-state index in [1.165, 1.54) is 21.2 Å². The van der Waals surface area contributed by atoms with E-state index in [0.717, 1.165) is 12.2 Å². The van der Waals surface area contributed by atoms with Crippen molar-refractivity contribution in [2.45, 2.75) is 20.3 Å². The molecule has 0 aliphatic heterocycles. The maximum absolute atomic E-state index is 8.56. The quantitative estimate of drug-likeness (QED) is 0.807. The van der Waals surface area contributed by atoms with Crippen LogP contribution in [0.5, 0.6) is 5.75 Å². The predicted octanol–water partition coefficient (Wildman–Crippen LogP) is 3.67. The van der Waals surface area contributed by atoms with Gasteiger partial charge in [0.2, 0.25) is 0 Å². The molecule has 1 aromatic carbocycles. The monoisotopic (exact) mass is 231 g/mol. The van der Waals surface area contributed by atoms with Gasteiger partial charge in [0.25, 0.3) is 0 Å². The average molecular weight is 231 g/mol. The van der Waals surface area contributed by atoms with Crippen LogP contribution in [-0.2, 0) is 6.42 Å². The third-order valence-corrected chi connectivity index (χ3v) is 3.69. The topological polar surface area (TPSA) is 33.0 Å². The minimum atomic E-state index is 0.113. The zero-order chi connectivity index (χ0) is 11.5. The Bertz CT molecular complexity index is 551. The van der Waals surface area contributed by atoms with Crippen molar-refractivity contribution >= 4 is 21.4 Å². The van der Waals surface area contributed by atoms with Gasteiger partial charge in [-0.1, -0.05) is 6.92 Å². The van der Waals surface area contributed by atoms with Crippen LogP contribution in [0.3, 0.4) is 0 Å². The van der Waals surface area contributed by atoms with Gasteiger partial charge >= 0.3 is 0 Å². The second-order valence-electron chi connectivity index (χ2n) is 3.63. The van der Waals surface area contributed by atoms with E-state index < -0.39 is 0 Å². The highest BCUT2D eigenvalue weighted by atomic mass is 32.1. The zero-order valence-corrected chi connectivity index (χ0v) is 10.2. The summed E-state index contributed by atoms with van der Waals surface area (Å²) in [5, 5.41) is 11.9. The van der Waals surface area contributed by atoms with Crippen LogP contribution >= 0.6 is 11.3 Å². The molecule has 0 saturated heterocycles. The second-order valence-corrected chi connectivity index (χ2v) is 4.55. The number of nitrogens with zero attached hydrogens (tertiary/aromatic N) is 1. The lowest BCUT2D eigenvalue weighted by molar-refractivity contribution is 0.365. The number of nitriles is 1. The zero-order valence-electron chi connectivity index (χ0n) is 9.41. The lowest BCUT2D eigenvalue weighted by atomic mass is 10.0. The van der Waals surface area contributed by atoms with Crippen LogP contribution in [-0.4, -0.2) is 6.61 Å². The smallest absolute Gasteiger partial charge is 0.174 e. The van der Waals surface area contributed by atoms with E-state index in [-0.39, 0.29) is 6.61 Å². The van der Waals surface area contributed by atoms with Crippen molar-refractivity contribution in [1.82, 2.24) is 0 Å². The number of fused-ring (bicyclic) bond motifs is 1. The highest BCUT2D eigenvalue weighted by Gasteiger charge is 2.10. The van der Waals surface area contributed by atoms with Crippen LogP contribution in [0.2, 0.25) is 0 Å². The summed E-state index contributed by atoms with van der Waals surface area (Å²) < 4.78 is 6.80. The van der Waals surface area contributed by atoms with Crippen LogP contribution in [0.15, 0.2) is 17.5 Å². The van der Waals surface area contributed by atoms with Crippen molar-refractivity contribution in [2.75, 3.05) is 6.61 Å². The van der Waals surface area contributed by atoms with Crippen molar-refractivity contribution in [3.05, 3.63) is 28.6 Å². The number of aryl methyl sites for hydroxylation is 2. The molecule has 0 aliphatic rings. The fourth-order valence-corrected chi connectivity index (χ4v) is 2.84. The minimum absolute atomic E-state index is 0.113. The molecule has 16 heavy (non-hydrogen) atoms. The molecule has 0 radical (unpaired) electrons. The maximum Gasteiger partial charge on any atom is 0.174 e.